The SMILES string of the molecule is CC(O)=C(C#N)C(=O)Nc1ccc(C#N)c(C)c1. The number of hydrogen-bond donors (Lipinski definition) is 2. The lowest BCUT2D eigenvalue weighted by Gasteiger charge is -2.06. The van der Waals surface area contributed by atoms with Crippen LogP contribution in [0.1, 0.15) is 18.1 Å². The molecule has 0 spiro atoms. The van der Waals surface area contributed by atoms with Crippen LogP contribution in [0.4, 0.5) is 5.69 Å². The Hall–Kier alpha value is -2.79. The maximum atomic E-state index is 11.6. The van der Waals surface area contributed by atoms with Crippen LogP contribution < -0.4 is 5.32 Å². The second kappa shape index (κ2) is 5.51. The third-order valence-corrected chi connectivity index (χ3v) is 2.31. The van der Waals surface area contributed by atoms with Gasteiger partial charge in [0, 0.05) is 5.69 Å². The van der Waals surface area contributed by atoms with Gasteiger partial charge in [-0.15, -0.1) is 0 Å². The molecule has 0 saturated carbocycles. The molecule has 0 atom stereocenters. The van der Waals surface area contributed by atoms with E-state index in [1.165, 1.54) is 6.92 Å². The summed E-state index contributed by atoms with van der Waals surface area (Å²) in [5.74, 6) is -1.01. The molecule has 0 aromatic heterocycles. The molecule has 1 aromatic carbocycles. The minimum absolute atomic E-state index is 0.333. The van der Waals surface area contributed by atoms with Gasteiger partial charge in [-0.2, -0.15) is 10.5 Å². The summed E-state index contributed by atoms with van der Waals surface area (Å²) < 4.78 is 0. The highest BCUT2D eigenvalue weighted by molar-refractivity contribution is 6.06. The summed E-state index contributed by atoms with van der Waals surface area (Å²) in [6.45, 7) is 3.01. The van der Waals surface area contributed by atoms with Crippen molar-refractivity contribution in [2.45, 2.75) is 13.8 Å². The van der Waals surface area contributed by atoms with Gasteiger partial charge in [-0.05, 0) is 37.6 Å². The fourth-order valence-electron chi connectivity index (χ4n) is 1.36. The number of rotatable bonds is 2. The van der Waals surface area contributed by atoms with Crippen molar-refractivity contribution in [2.75, 3.05) is 5.32 Å². The highest BCUT2D eigenvalue weighted by Gasteiger charge is 2.12. The van der Waals surface area contributed by atoms with Crippen LogP contribution in [0.2, 0.25) is 0 Å². The largest absolute Gasteiger partial charge is 0.511 e. The number of carbonyl (C=O) groups excluding carboxylic acids is 1. The summed E-state index contributed by atoms with van der Waals surface area (Å²) in [7, 11) is 0. The number of aliphatic hydroxyl groups is 1. The van der Waals surface area contributed by atoms with Gasteiger partial charge in [0.05, 0.1) is 11.6 Å². The van der Waals surface area contributed by atoms with Crippen LogP contribution in [0.15, 0.2) is 29.5 Å². The van der Waals surface area contributed by atoms with Crippen LogP contribution in [-0.4, -0.2) is 11.0 Å². The lowest BCUT2D eigenvalue weighted by Crippen LogP contribution is -2.15. The number of amides is 1. The van der Waals surface area contributed by atoms with Gasteiger partial charge in [-0.3, -0.25) is 4.79 Å². The first-order chi connectivity index (χ1) is 8.49. The van der Waals surface area contributed by atoms with Crippen molar-refractivity contribution in [3.8, 4) is 12.1 Å². The van der Waals surface area contributed by atoms with Crippen molar-refractivity contribution >= 4 is 11.6 Å². The number of nitriles is 2. The molecule has 0 unspecified atom stereocenters. The summed E-state index contributed by atoms with van der Waals surface area (Å²) >= 11 is 0. The molecule has 0 aliphatic rings. The van der Waals surface area contributed by atoms with Crippen LogP contribution in [0.25, 0.3) is 0 Å². The maximum Gasteiger partial charge on any atom is 0.269 e. The van der Waals surface area contributed by atoms with E-state index in [1.807, 2.05) is 6.07 Å². The van der Waals surface area contributed by atoms with Crippen molar-refractivity contribution < 1.29 is 9.90 Å². The molecule has 5 nitrogen and oxygen atoms in total. The Morgan fingerprint density at radius 2 is 2.06 bits per heavy atom. The Morgan fingerprint density at radius 3 is 2.50 bits per heavy atom. The summed E-state index contributed by atoms with van der Waals surface area (Å²) in [6.07, 6.45) is 0. The number of hydrogen-bond acceptors (Lipinski definition) is 4. The van der Waals surface area contributed by atoms with Crippen molar-refractivity contribution in [3.05, 3.63) is 40.7 Å². The van der Waals surface area contributed by atoms with E-state index in [2.05, 4.69) is 5.32 Å². The van der Waals surface area contributed by atoms with Crippen molar-refractivity contribution in [3.63, 3.8) is 0 Å². The van der Waals surface area contributed by atoms with E-state index in [4.69, 9.17) is 15.6 Å². The van der Waals surface area contributed by atoms with Crippen molar-refractivity contribution in [1.29, 1.82) is 10.5 Å². The van der Waals surface area contributed by atoms with Gasteiger partial charge < -0.3 is 10.4 Å². The van der Waals surface area contributed by atoms with Gasteiger partial charge in [0.25, 0.3) is 5.91 Å². The lowest BCUT2D eigenvalue weighted by atomic mass is 10.1. The Kier molecular flexibility index (Phi) is 4.07. The molecule has 90 valence electrons. The molecule has 0 aliphatic carbocycles. The molecule has 1 amide bonds. The van der Waals surface area contributed by atoms with E-state index in [0.29, 0.717) is 11.3 Å². The van der Waals surface area contributed by atoms with Crippen LogP contribution in [-0.2, 0) is 4.79 Å². The van der Waals surface area contributed by atoms with Crippen LogP contribution in [0.5, 0.6) is 0 Å². The number of nitrogens with one attached hydrogen (secondary N) is 1. The first kappa shape index (κ1) is 13.3. The Balaban J connectivity index is 2.98. The van der Waals surface area contributed by atoms with Crippen molar-refractivity contribution in [1.82, 2.24) is 0 Å². The second-order valence-electron chi connectivity index (χ2n) is 3.67. The molecule has 0 bridgehead atoms. The molecular formula is C13H11N3O2. The average Bonchev–Trinajstić information content (AvgIpc) is 2.29. The number of benzene rings is 1. The van der Waals surface area contributed by atoms with E-state index < -0.39 is 5.91 Å². The van der Waals surface area contributed by atoms with E-state index >= 15 is 0 Å². The molecule has 1 aromatic rings. The molecule has 0 fully saturated rings. The molecule has 18 heavy (non-hydrogen) atoms. The predicted octanol–water partition coefficient (Wildman–Crippen LogP) is 2.16. The van der Waals surface area contributed by atoms with E-state index in [9.17, 15) is 4.79 Å². The van der Waals surface area contributed by atoms with E-state index in [0.717, 1.165) is 5.56 Å². The smallest absolute Gasteiger partial charge is 0.269 e. The monoisotopic (exact) mass is 241 g/mol. The summed E-state index contributed by atoms with van der Waals surface area (Å²) in [6, 6.07) is 8.40. The topological polar surface area (TPSA) is 96.9 Å². The van der Waals surface area contributed by atoms with Gasteiger partial charge >= 0.3 is 0 Å². The summed E-state index contributed by atoms with van der Waals surface area (Å²) in [5.41, 5.74) is 1.36. The summed E-state index contributed by atoms with van der Waals surface area (Å²) in [5, 5.41) is 29.1. The summed E-state index contributed by atoms with van der Waals surface area (Å²) in [4.78, 5) is 11.6. The third kappa shape index (κ3) is 2.87. The van der Waals surface area contributed by atoms with E-state index in [-0.39, 0.29) is 11.3 Å². The fraction of sp³-hybridized carbons (Fsp3) is 0.154. The Morgan fingerprint density at radius 1 is 1.39 bits per heavy atom. The molecule has 0 radical (unpaired) electrons. The number of allylic oxidation sites excluding steroid dienone is 1. The number of aliphatic hydroxyl groups excluding tert-OH is 1. The molecular weight excluding hydrogens is 230 g/mol. The van der Waals surface area contributed by atoms with Gasteiger partial charge in [-0.1, -0.05) is 0 Å². The Bertz CT molecular complexity index is 600. The fourth-order valence-corrected chi connectivity index (χ4v) is 1.36. The third-order valence-electron chi connectivity index (χ3n) is 2.31. The highest BCUT2D eigenvalue weighted by atomic mass is 16.3. The first-order valence-electron chi connectivity index (χ1n) is 5.11. The van der Waals surface area contributed by atoms with Gasteiger partial charge in [0.15, 0.2) is 5.57 Å². The van der Waals surface area contributed by atoms with Crippen LogP contribution in [0.3, 0.4) is 0 Å². The molecule has 2 N–H and O–H groups in total. The van der Waals surface area contributed by atoms with Gasteiger partial charge in [0.2, 0.25) is 0 Å². The number of nitrogens with zero attached hydrogens (tertiary/aromatic N) is 2. The normalized spacial score (nSPS) is 10.9. The molecule has 0 saturated heterocycles. The molecule has 1 rings (SSSR count). The zero-order valence-electron chi connectivity index (χ0n) is 9.98. The van der Waals surface area contributed by atoms with Crippen molar-refractivity contribution in [2.24, 2.45) is 0 Å². The van der Waals surface area contributed by atoms with Crippen LogP contribution >= 0.6 is 0 Å². The first-order valence-corrected chi connectivity index (χ1v) is 5.11. The number of carbonyl (C=O) groups is 1. The molecule has 5 heteroatoms. The minimum atomic E-state index is -0.679. The van der Waals surface area contributed by atoms with Crippen LogP contribution in [0, 0.1) is 29.6 Å². The van der Waals surface area contributed by atoms with E-state index in [1.54, 1.807) is 31.2 Å². The quantitative estimate of drug-likeness (QED) is 0.471. The van der Waals surface area contributed by atoms with Gasteiger partial charge in [0.1, 0.15) is 11.8 Å². The minimum Gasteiger partial charge on any atom is -0.511 e. The standard InChI is InChI=1S/C13H11N3O2/c1-8-5-11(4-3-10(8)6-14)16-13(18)12(7-15)9(2)17/h3-5,17H,1-2H3,(H,16,18). The zero-order valence-corrected chi connectivity index (χ0v) is 9.98. The number of aryl methyl sites for hydroxylation is 1. The lowest BCUT2D eigenvalue weighted by molar-refractivity contribution is -0.112. The zero-order chi connectivity index (χ0) is 13.7. The molecule has 0 aliphatic heterocycles. The highest BCUT2D eigenvalue weighted by Crippen LogP contribution is 2.15. The molecule has 0 heterocycles. The maximum absolute atomic E-state index is 11.6. The predicted molar refractivity (Wildman–Crippen MR) is 65.5 cm³/mol. The average molecular weight is 241 g/mol. The second-order valence-corrected chi connectivity index (χ2v) is 3.67. The van der Waals surface area contributed by atoms with Gasteiger partial charge in [-0.25, -0.2) is 0 Å². The Labute approximate surface area is 105 Å². The number of anilines is 1.